The number of fused-ring (bicyclic) bond motifs is 1. The second-order valence-electron chi connectivity index (χ2n) is 8.28. The minimum absolute atomic E-state index is 0.0652. The zero-order valence-electron chi connectivity index (χ0n) is 17.9. The van der Waals surface area contributed by atoms with Gasteiger partial charge in [-0.15, -0.1) is 0 Å². The van der Waals surface area contributed by atoms with Gasteiger partial charge >= 0.3 is 0 Å². The molecule has 0 aliphatic heterocycles. The van der Waals surface area contributed by atoms with E-state index >= 15 is 0 Å². The SMILES string of the molecule is CN(C)c1nc(N[C@H]2CC[C@@H](C(=O)NCc3ccccc3Br)CC2)nc2ccccc12. The van der Waals surface area contributed by atoms with Gasteiger partial charge in [0.25, 0.3) is 0 Å². The first-order valence-electron chi connectivity index (χ1n) is 10.7. The Kier molecular flexibility index (Phi) is 6.70. The van der Waals surface area contributed by atoms with Crippen LogP contribution in [-0.2, 0) is 11.3 Å². The Bertz CT molecular complexity index is 1060. The molecule has 3 aromatic rings. The van der Waals surface area contributed by atoms with Crippen molar-refractivity contribution in [2.24, 2.45) is 5.92 Å². The van der Waals surface area contributed by atoms with Crippen LogP contribution in [0.25, 0.3) is 10.9 Å². The molecule has 0 atom stereocenters. The van der Waals surface area contributed by atoms with Crippen LogP contribution in [0.3, 0.4) is 0 Å². The third kappa shape index (κ3) is 5.15. The van der Waals surface area contributed by atoms with E-state index in [2.05, 4.69) is 26.6 Å². The average molecular weight is 482 g/mol. The van der Waals surface area contributed by atoms with Crippen LogP contribution in [0.1, 0.15) is 31.2 Å². The van der Waals surface area contributed by atoms with E-state index < -0.39 is 0 Å². The van der Waals surface area contributed by atoms with Gasteiger partial charge in [-0.1, -0.05) is 46.3 Å². The van der Waals surface area contributed by atoms with Crippen LogP contribution in [0.5, 0.6) is 0 Å². The van der Waals surface area contributed by atoms with Crippen molar-refractivity contribution in [3.05, 3.63) is 58.6 Å². The summed E-state index contributed by atoms with van der Waals surface area (Å²) in [7, 11) is 3.99. The van der Waals surface area contributed by atoms with E-state index in [1.165, 1.54) is 0 Å². The number of amides is 1. The standard InChI is InChI=1S/C24H28BrN5O/c1-30(2)22-19-8-4-6-10-21(19)28-24(29-22)27-18-13-11-16(12-14-18)23(31)26-15-17-7-3-5-9-20(17)25/h3-10,16,18H,11-15H2,1-2H3,(H,26,31)(H,27,28,29)/t16-,18+. The van der Waals surface area contributed by atoms with Crippen molar-refractivity contribution in [3.63, 3.8) is 0 Å². The van der Waals surface area contributed by atoms with Gasteiger partial charge in [-0.25, -0.2) is 4.98 Å². The molecule has 1 aromatic heterocycles. The Balaban J connectivity index is 1.34. The number of carbonyl (C=O) groups is 1. The molecule has 0 radical (unpaired) electrons. The van der Waals surface area contributed by atoms with Gasteiger partial charge in [-0.2, -0.15) is 4.98 Å². The Morgan fingerprint density at radius 3 is 2.48 bits per heavy atom. The molecule has 162 valence electrons. The first-order valence-corrected chi connectivity index (χ1v) is 11.5. The molecular weight excluding hydrogens is 454 g/mol. The second-order valence-corrected chi connectivity index (χ2v) is 9.14. The predicted octanol–water partition coefficient (Wildman–Crippen LogP) is 4.75. The van der Waals surface area contributed by atoms with Gasteiger partial charge < -0.3 is 15.5 Å². The number of anilines is 2. The molecule has 2 aromatic carbocycles. The Morgan fingerprint density at radius 2 is 1.74 bits per heavy atom. The summed E-state index contributed by atoms with van der Waals surface area (Å²) in [6.07, 6.45) is 3.60. The molecule has 6 nitrogen and oxygen atoms in total. The lowest BCUT2D eigenvalue weighted by atomic mass is 9.85. The van der Waals surface area contributed by atoms with E-state index in [1.807, 2.05) is 67.5 Å². The normalized spacial score (nSPS) is 18.5. The van der Waals surface area contributed by atoms with Gasteiger partial charge in [0, 0.05) is 42.5 Å². The maximum Gasteiger partial charge on any atom is 0.225 e. The molecule has 0 unspecified atom stereocenters. The molecule has 7 heteroatoms. The monoisotopic (exact) mass is 481 g/mol. The first-order chi connectivity index (χ1) is 15.0. The third-order valence-corrected chi connectivity index (χ3v) is 6.62. The molecule has 31 heavy (non-hydrogen) atoms. The van der Waals surface area contributed by atoms with Crippen LogP contribution >= 0.6 is 15.9 Å². The molecule has 1 aliphatic carbocycles. The first kappa shape index (κ1) is 21.6. The molecule has 0 saturated heterocycles. The number of carbonyl (C=O) groups excluding carboxylic acids is 1. The largest absolute Gasteiger partial charge is 0.362 e. The number of nitrogens with zero attached hydrogens (tertiary/aromatic N) is 3. The summed E-state index contributed by atoms with van der Waals surface area (Å²) in [5, 5.41) is 7.65. The average Bonchev–Trinajstić information content (AvgIpc) is 2.78. The highest BCUT2D eigenvalue weighted by atomic mass is 79.9. The maximum atomic E-state index is 12.6. The molecule has 1 saturated carbocycles. The van der Waals surface area contributed by atoms with Gasteiger partial charge in [-0.05, 0) is 49.4 Å². The lowest BCUT2D eigenvalue weighted by Crippen LogP contribution is -2.36. The molecule has 1 heterocycles. The number of para-hydroxylation sites is 1. The van der Waals surface area contributed by atoms with Crippen LogP contribution in [-0.4, -0.2) is 36.0 Å². The summed E-state index contributed by atoms with van der Waals surface area (Å²) in [4.78, 5) is 24.1. The topological polar surface area (TPSA) is 70.2 Å². The van der Waals surface area contributed by atoms with E-state index in [-0.39, 0.29) is 17.9 Å². The van der Waals surface area contributed by atoms with Gasteiger partial charge in [0.1, 0.15) is 5.82 Å². The molecule has 0 spiro atoms. The third-order valence-electron chi connectivity index (χ3n) is 5.85. The zero-order valence-corrected chi connectivity index (χ0v) is 19.5. The molecule has 0 bridgehead atoms. The smallest absolute Gasteiger partial charge is 0.225 e. The summed E-state index contributed by atoms with van der Waals surface area (Å²) in [5.41, 5.74) is 2.03. The number of benzene rings is 2. The number of rotatable bonds is 6. The Labute approximate surface area is 191 Å². The number of hydrogen-bond donors (Lipinski definition) is 2. The van der Waals surface area contributed by atoms with Crippen molar-refractivity contribution in [2.45, 2.75) is 38.3 Å². The quantitative estimate of drug-likeness (QED) is 0.531. The van der Waals surface area contributed by atoms with E-state index in [1.54, 1.807) is 0 Å². The number of halogens is 1. The van der Waals surface area contributed by atoms with Crippen LogP contribution in [0.4, 0.5) is 11.8 Å². The van der Waals surface area contributed by atoms with Crippen molar-refractivity contribution in [1.29, 1.82) is 0 Å². The fourth-order valence-electron chi connectivity index (χ4n) is 4.12. The van der Waals surface area contributed by atoms with Gasteiger partial charge in [0.05, 0.1) is 5.52 Å². The summed E-state index contributed by atoms with van der Waals surface area (Å²) < 4.78 is 1.02. The molecule has 4 rings (SSSR count). The fourth-order valence-corrected chi connectivity index (χ4v) is 4.54. The van der Waals surface area contributed by atoms with Crippen molar-refractivity contribution >= 4 is 44.5 Å². The molecule has 1 fully saturated rings. The second kappa shape index (κ2) is 9.64. The molecule has 2 N–H and O–H groups in total. The molecule has 1 aliphatic rings. The summed E-state index contributed by atoms with van der Waals surface area (Å²) >= 11 is 3.54. The molecule has 1 amide bonds. The number of aromatic nitrogens is 2. The highest BCUT2D eigenvalue weighted by Gasteiger charge is 2.27. The minimum Gasteiger partial charge on any atom is -0.362 e. The minimum atomic E-state index is 0.0652. The Hall–Kier alpha value is -2.67. The lowest BCUT2D eigenvalue weighted by molar-refractivity contribution is -0.126. The predicted molar refractivity (Wildman–Crippen MR) is 129 cm³/mol. The highest BCUT2D eigenvalue weighted by Crippen LogP contribution is 2.28. The van der Waals surface area contributed by atoms with E-state index in [0.717, 1.165) is 52.4 Å². The van der Waals surface area contributed by atoms with Crippen molar-refractivity contribution in [3.8, 4) is 0 Å². The van der Waals surface area contributed by atoms with E-state index in [0.29, 0.717) is 12.5 Å². The summed E-state index contributed by atoms with van der Waals surface area (Å²) in [5.74, 6) is 1.78. The van der Waals surface area contributed by atoms with Crippen LogP contribution in [0.2, 0.25) is 0 Å². The molecular formula is C24H28BrN5O. The number of nitrogens with one attached hydrogen (secondary N) is 2. The fraction of sp³-hybridized carbons (Fsp3) is 0.375. The van der Waals surface area contributed by atoms with Crippen molar-refractivity contribution in [2.75, 3.05) is 24.3 Å². The van der Waals surface area contributed by atoms with Gasteiger partial charge in [0.15, 0.2) is 0 Å². The lowest BCUT2D eigenvalue weighted by Gasteiger charge is -2.28. The highest BCUT2D eigenvalue weighted by molar-refractivity contribution is 9.10. The van der Waals surface area contributed by atoms with Crippen LogP contribution < -0.4 is 15.5 Å². The number of hydrogen-bond acceptors (Lipinski definition) is 5. The maximum absolute atomic E-state index is 12.6. The summed E-state index contributed by atoms with van der Waals surface area (Å²) in [6, 6.07) is 16.3. The van der Waals surface area contributed by atoms with Gasteiger partial charge in [0.2, 0.25) is 11.9 Å². The van der Waals surface area contributed by atoms with Gasteiger partial charge in [-0.3, -0.25) is 4.79 Å². The van der Waals surface area contributed by atoms with Crippen molar-refractivity contribution < 1.29 is 4.79 Å². The summed E-state index contributed by atoms with van der Waals surface area (Å²) in [6.45, 7) is 0.552. The Morgan fingerprint density at radius 1 is 1.03 bits per heavy atom. The van der Waals surface area contributed by atoms with E-state index in [4.69, 9.17) is 9.97 Å². The van der Waals surface area contributed by atoms with E-state index in [9.17, 15) is 4.79 Å². The van der Waals surface area contributed by atoms with Crippen molar-refractivity contribution in [1.82, 2.24) is 15.3 Å². The van der Waals surface area contributed by atoms with Crippen LogP contribution in [0, 0.1) is 5.92 Å². The zero-order chi connectivity index (χ0) is 21.8. The van der Waals surface area contributed by atoms with Crippen LogP contribution in [0.15, 0.2) is 53.0 Å².